The van der Waals surface area contributed by atoms with Crippen molar-refractivity contribution >= 4 is 22.8 Å². The van der Waals surface area contributed by atoms with Crippen molar-refractivity contribution in [1.82, 2.24) is 19.9 Å². The van der Waals surface area contributed by atoms with Gasteiger partial charge in [0.1, 0.15) is 12.2 Å². The Labute approximate surface area is 180 Å². The van der Waals surface area contributed by atoms with E-state index >= 15 is 0 Å². The Morgan fingerprint density at radius 3 is 2.71 bits per heavy atom. The summed E-state index contributed by atoms with van der Waals surface area (Å²) in [6.07, 6.45) is 2.56. The average molecular weight is 422 g/mol. The van der Waals surface area contributed by atoms with Crippen LogP contribution in [0.15, 0.2) is 42.7 Å². The zero-order chi connectivity index (χ0) is 22.0. The predicted molar refractivity (Wildman–Crippen MR) is 118 cm³/mol. The van der Waals surface area contributed by atoms with Crippen LogP contribution in [0.5, 0.6) is 5.88 Å². The molecular formula is C22H26N6O3. The number of benzene rings is 1. The molecule has 0 unspecified atom stereocenters. The number of anilines is 1. The van der Waals surface area contributed by atoms with E-state index in [9.17, 15) is 4.79 Å². The van der Waals surface area contributed by atoms with Gasteiger partial charge in [-0.2, -0.15) is 0 Å². The van der Waals surface area contributed by atoms with Crippen LogP contribution >= 0.6 is 0 Å². The van der Waals surface area contributed by atoms with Gasteiger partial charge >= 0.3 is 6.03 Å². The Morgan fingerprint density at radius 1 is 1.26 bits per heavy atom. The van der Waals surface area contributed by atoms with Gasteiger partial charge in [-0.15, -0.1) is 0 Å². The van der Waals surface area contributed by atoms with Crippen molar-refractivity contribution in [2.45, 2.75) is 19.1 Å². The standard InChI is InChI=1S/C22H26N6O3/c1-14(19-13-28(22(23)29)10-11-30-19)31-21-20-18(24-8-9-25-20)12-17(26-21)15-4-6-16(7-5-15)27(2)3/h4-9,12,14,19H,10-11,13H2,1-3H3,(H2,23,29)/t14-,19+/m1/s1. The number of hydrogen-bond donors (Lipinski definition) is 1. The molecule has 31 heavy (non-hydrogen) atoms. The van der Waals surface area contributed by atoms with E-state index in [2.05, 4.69) is 9.97 Å². The Balaban J connectivity index is 1.64. The second-order valence-electron chi connectivity index (χ2n) is 7.69. The maximum Gasteiger partial charge on any atom is 0.314 e. The zero-order valence-corrected chi connectivity index (χ0v) is 17.9. The highest BCUT2D eigenvalue weighted by Crippen LogP contribution is 2.29. The van der Waals surface area contributed by atoms with E-state index in [4.69, 9.17) is 20.2 Å². The lowest BCUT2D eigenvalue weighted by molar-refractivity contribution is -0.0640. The third-order valence-corrected chi connectivity index (χ3v) is 5.33. The van der Waals surface area contributed by atoms with Gasteiger partial charge in [-0.05, 0) is 25.1 Å². The van der Waals surface area contributed by atoms with Crippen LogP contribution in [0.2, 0.25) is 0 Å². The quantitative estimate of drug-likeness (QED) is 0.672. The van der Waals surface area contributed by atoms with Gasteiger partial charge in [0, 0.05) is 44.3 Å². The first-order chi connectivity index (χ1) is 14.9. The number of nitrogens with two attached hydrogens (primary N) is 1. The largest absolute Gasteiger partial charge is 0.470 e. The highest BCUT2D eigenvalue weighted by Gasteiger charge is 2.29. The Morgan fingerprint density at radius 2 is 2.00 bits per heavy atom. The van der Waals surface area contributed by atoms with Gasteiger partial charge in [0.15, 0.2) is 5.52 Å². The monoisotopic (exact) mass is 422 g/mol. The van der Waals surface area contributed by atoms with Gasteiger partial charge in [-0.1, -0.05) is 12.1 Å². The molecule has 2 aromatic heterocycles. The summed E-state index contributed by atoms with van der Waals surface area (Å²) in [5.41, 5.74) is 9.48. The minimum atomic E-state index is -0.460. The molecule has 1 saturated heterocycles. The molecule has 3 aromatic rings. The van der Waals surface area contributed by atoms with E-state index in [1.54, 1.807) is 17.3 Å². The highest BCUT2D eigenvalue weighted by molar-refractivity contribution is 5.83. The molecule has 1 fully saturated rings. The van der Waals surface area contributed by atoms with Crippen LogP contribution < -0.4 is 15.4 Å². The predicted octanol–water partition coefficient (Wildman–Crippen LogP) is 2.30. The number of aromatic nitrogens is 3. The van der Waals surface area contributed by atoms with E-state index in [1.807, 2.05) is 56.3 Å². The smallest absolute Gasteiger partial charge is 0.314 e. The van der Waals surface area contributed by atoms with Crippen LogP contribution in [-0.2, 0) is 4.74 Å². The minimum Gasteiger partial charge on any atom is -0.470 e. The molecule has 1 aromatic carbocycles. The molecular weight excluding hydrogens is 396 g/mol. The second-order valence-corrected chi connectivity index (χ2v) is 7.69. The Kier molecular flexibility index (Phi) is 5.85. The lowest BCUT2D eigenvalue weighted by Crippen LogP contribution is -2.52. The van der Waals surface area contributed by atoms with Gasteiger partial charge < -0.3 is 25.0 Å². The first kappa shape index (κ1) is 20.8. The number of hydrogen-bond acceptors (Lipinski definition) is 7. The molecule has 162 valence electrons. The summed E-state index contributed by atoms with van der Waals surface area (Å²) >= 11 is 0. The van der Waals surface area contributed by atoms with Crippen molar-refractivity contribution in [3.8, 4) is 17.1 Å². The number of nitrogens with zero attached hydrogens (tertiary/aromatic N) is 5. The van der Waals surface area contributed by atoms with Crippen molar-refractivity contribution in [1.29, 1.82) is 0 Å². The fraction of sp³-hybridized carbons (Fsp3) is 0.364. The number of ether oxygens (including phenoxy) is 2. The highest BCUT2D eigenvalue weighted by atomic mass is 16.5. The van der Waals surface area contributed by atoms with Gasteiger partial charge in [0.05, 0.1) is 24.4 Å². The van der Waals surface area contributed by atoms with Crippen LogP contribution in [0.25, 0.3) is 22.3 Å². The van der Waals surface area contributed by atoms with Crippen LogP contribution in [0.1, 0.15) is 6.92 Å². The Hall–Kier alpha value is -3.46. The van der Waals surface area contributed by atoms with E-state index in [-0.39, 0.29) is 12.2 Å². The summed E-state index contributed by atoms with van der Waals surface area (Å²) in [5.74, 6) is 0.379. The van der Waals surface area contributed by atoms with Gasteiger partial charge in [0.2, 0.25) is 5.88 Å². The lowest BCUT2D eigenvalue weighted by atomic mass is 10.1. The van der Waals surface area contributed by atoms with Gasteiger partial charge in [-0.3, -0.25) is 4.98 Å². The van der Waals surface area contributed by atoms with Crippen LogP contribution in [0.3, 0.4) is 0 Å². The molecule has 1 aliphatic heterocycles. The molecule has 2 N–H and O–H groups in total. The average Bonchev–Trinajstić information content (AvgIpc) is 2.79. The molecule has 0 saturated carbocycles. The topological polar surface area (TPSA) is 107 Å². The third-order valence-electron chi connectivity index (χ3n) is 5.33. The number of urea groups is 1. The van der Waals surface area contributed by atoms with E-state index < -0.39 is 6.03 Å². The summed E-state index contributed by atoms with van der Waals surface area (Å²) in [5, 5.41) is 0. The Bertz CT molecular complexity index is 1070. The van der Waals surface area contributed by atoms with E-state index in [0.29, 0.717) is 36.6 Å². The number of primary amides is 1. The number of fused-ring (bicyclic) bond motifs is 1. The van der Waals surface area contributed by atoms with Crippen molar-refractivity contribution in [3.05, 3.63) is 42.7 Å². The SMILES string of the molecule is C[C@@H](Oc1nc(-c2ccc(N(C)C)cc2)cc2nccnc12)[C@@H]1CN(C(N)=O)CCO1. The molecule has 1 aliphatic rings. The molecule has 2 amide bonds. The number of amides is 2. The van der Waals surface area contributed by atoms with E-state index in [0.717, 1.165) is 16.9 Å². The van der Waals surface area contributed by atoms with Crippen LogP contribution in [-0.4, -0.2) is 71.9 Å². The van der Waals surface area contributed by atoms with Crippen molar-refractivity contribution in [2.24, 2.45) is 5.73 Å². The molecule has 0 radical (unpaired) electrons. The number of carbonyl (C=O) groups excluding carboxylic acids is 1. The van der Waals surface area contributed by atoms with Crippen molar-refractivity contribution in [3.63, 3.8) is 0 Å². The summed E-state index contributed by atoms with van der Waals surface area (Å²) in [6, 6.07) is 9.55. The maximum atomic E-state index is 11.5. The van der Waals surface area contributed by atoms with Crippen molar-refractivity contribution < 1.29 is 14.3 Å². The molecule has 2 atom stereocenters. The summed E-state index contributed by atoms with van der Waals surface area (Å²) in [6.45, 7) is 3.14. The summed E-state index contributed by atoms with van der Waals surface area (Å²) in [4.78, 5) is 28.7. The molecule has 3 heterocycles. The third kappa shape index (κ3) is 4.51. The molecule has 9 nitrogen and oxygen atoms in total. The fourth-order valence-electron chi connectivity index (χ4n) is 3.52. The summed E-state index contributed by atoms with van der Waals surface area (Å²) in [7, 11) is 4.00. The van der Waals surface area contributed by atoms with Crippen LogP contribution in [0, 0.1) is 0 Å². The molecule has 0 aliphatic carbocycles. The second kappa shape index (κ2) is 8.73. The first-order valence-corrected chi connectivity index (χ1v) is 10.1. The van der Waals surface area contributed by atoms with Crippen LogP contribution in [0.4, 0.5) is 10.5 Å². The van der Waals surface area contributed by atoms with E-state index in [1.165, 1.54) is 0 Å². The minimum absolute atomic E-state index is 0.321. The number of morpholine rings is 1. The molecule has 9 heteroatoms. The lowest BCUT2D eigenvalue weighted by Gasteiger charge is -2.34. The normalized spacial score (nSPS) is 17.4. The molecule has 0 spiro atoms. The summed E-state index contributed by atoms with van der Waals surface area (Å²) < 4.78 is 12.0. The molecule has 4 rings (SSSR count). The zero-order valence-electron chi connectivity index (χ0n) is 17.9. The number of pyridine rings is 1. The molecule has 0 bridgehead atoms. The number of carbonyl (C=O) groups is 1. The maximum absolute atomic E-state index is 11.5. The van der Waals surface area contributed by atoms with Gasteiger partial charge in [0.25, 0.3) is 0 Å². The first-order valence-electron chi connectivity index (χ1n) is 10.1. The van der Waals surface area contributed by atoms with Crippen molar-refractivity contribution in [2.75, 3.05) is 38.7 Å². The number of rotatable bonds is 5. The van der Waals surface area contributed by atoms with Gasteiger partial charge in [-0.25, -0.2) is 14.8 Å². The fourth-order valence-corrected chi connectivity index (χ4v) is 3.52.